The fourth-order valence-electron chi connectivity index (χ4n) is 1.51. The minimum atomic E-state index is -1.11. The molecule has 0 saturated heterocycles. The molecule has 2 nitrogen and oxygen atoms in total. The van der Waals surface area contributed by atoms with E-state index in [-0.39, 0.29) is 5.56 Å². The van der Waals surface area contributed by atoms with E-state index in [4.69, 9.17) is 11.6 Å². The van der Waals surface area contributed by atoms with Crippen molar-refractivity contribution in [1.82, 2.24) is 4.98 Å². The molecule has 0 saturated carbocycles. The molecule has 0 aliphatic heterocycles. The maximum atomic E-state index is 13.5. The van der Waals surface area contributed by atoms with Crippen LogP contribution in [-0.4, -0.2) is 10.1 Å². The lowest BCUT2D eigenvalue weighted by Crippen LogP contribution is -2.03. The third kappa shape index (κ3) is 2.49. The summed E-state index contributed by atoms with van der Waals surface area (Å²) < 4.78 is 14.1. The minimum Gasteiger partial charge on any atom is -0.383 e. The van der Waals surface area contributed by atoms with E-state index in [1.807, 2.05) is 0 Å². The number of hydrogen-bond donors (Lipinski definition) is 1. The van der Waals surface area contributed by atoms with Crippen LogP contribution < -0.4 is 0 Å². The van der Waals surface area contributed by atoms with Crippen LogP contribution in [0, 0.1) is 5.82 Å². The first-order valence-electron chi connectivity index (χ1n) is 4.82. The number of rotatable bonds is 2. The molecule has 2 aromatic rings. The van der Waals surface area contributed by atoms with Gasteiger partial charge < -0.3 is 5.11 Å². The molecule has 1 aromatic heterocycles. The van der Waals surface area contributed by atoms with Gasteiger partial charge in [0, 0.05) is 21.8 Å². The summed E-state index contributed by atoms with van der Waals surface area (Å²) in [6.45, 7) is 0. The molecule has 17 heavy (non-hydrogen) atoms. The van der Waals surface area contributed by atoms with Gasteiger partial charge in [-0.25, -0.2) is 4.39 Å². The molecular formula is C12H8BrClFNO. The van der Waals surface area contributed by atoms with Crippen LogP contribution in [0.2, 0.25) is 5.02 Å². The molecule has 5 heteroatoms. The summed E-state index contributed by atoms with van der Waals surface area (Å²) in [5.74, 6) is -0.559. The Morgan fingerprint density at radius 2 is 2.06 bits per heavy atom. The van der Waals surface area contributed by atoms with Crippen LogP contribution in [0.1, 0.15) is 17.2 Å². The van der Waals surface area contributed by atoms with E-state index in [1.165, 1.54) is 12.3 Å². The smallest absolute Gasteiger partial charge is 0.147 e. The van der Waals surface area contributed by atoms with Crippen molar-refractivity contribution in [2.24, 2.45) is 0 Å². The van der Waals surface area contributed by atoms with E-state index in [0.717, 1.165) is 6.20 Å². The lowest BCUT2D eigenvalue weighted by Gasteiger charge is -2.14. The first-order chi connectivity index (χ1) is 8.11. The normalized spacial score (nSPS) is 12.5. The zero-order chi connectivity index (χ0) is 12.4. The Morgan fingerprint density at radius 3 is 2.76 bits per heavy atom. The van der Waals surface area contributed by atoms with Gasteiger partial charge >= 0.3 is 0 Å². The van der Waals surface area contributed by atoms with Gasteiger partial charge in [-0.2, -0.15) is 0 Å². The van der Waals surface area contributed by atoms with Crippen molar-refractivity contribution in [2.45, 2.75) is 6.10 Å². The van der Waals surface area contributed by atoms with E-state index >= 15 is 0 Å². The second kappa shape index (κ2) is 5.12. The highest BCUT2D eigenvalue weighted by atomic mass is 79.9. The monoisotopic (exact) mass is 315 g/mol. The Balaban J connectivity index is 2.48. The highest BCUT2D eigenvalue weighted by Crippen LogP contribution is 2.33. The molecule has 0 spiro atoms. The van der Waals surface area contributed by atoms with Gasteiger partial charge in [-0.1, -0.05) is 23.7 Å². The first kappa shape index (κ1) is 12.5. The molecule has 1 heterocycles. The Kier molecular flexibility index (Phi) is 3.76. The number of benzene rings is 1. The molecule has 0 aliphatic rings. The first-order valence-corrected chi connectivity index (χ1v) is 5.99. The molecule has 88 valence electrons. The van der Waals surface area contributed by atoms with Gasteiger partial charge in [0.15, 0.2) is 0 Å². The van der Waals surface area contributed by atoms with Crippen molar-refractivity contribution in [1.29, 1.82) is 0 Å². The number of halogens is 3. The van der Waals surface area contributed by atoms with Crippen LogP contribution in [0.5, 0.6) is 0 Å². The molecule has 0 amide bonds. The van der Waals surface area contributed by atoms with Crippen molar-refractivity contribution in [3.8, 4) is 0 Å². The van der Waals surface area contributed by atoms with E-state index < -0.39 is 11.9 Å². The van der Waals surface area contributed by atoms with Gasteiger partial charge in [0.1, 0.15) is 11.9 Å². The number of aliphatic hydroxyl groups excluding tert-OH is 1. The number of nitrogens with zero attached hydrogens (tertiary/aromatic N) is 1. The van der Waals surface area contributed by atoms with E-state index in [2.05, 4.69) is 20.9 Å². The Hall–Kier alpha value is -0.970. The molecular weight excluding hydrogens is 308 g/mol. The molecule has 0 radical (unpaired) electrons. The molecule has 1 N–H and O–H groups in total. The van der Waals surface area contributed by atoms with Gasteiger partial charge in [0.25, 0.3) is 0 Å². The summed E-state index contributed by atoms with van der Waals surface area (Å²) in [6, 6.07) is 6.56. The quantitative estimate of drug-likeness (QED) is 0.916. The summed E-state index contributed by atoms with van der Waals surface area (Å²) in [5, 5.41) is 10.5. The van der Waals surface area contributed by atoms with Crippen molar-refractivity contribution in [3.63, 3.8) is 0 Å². The van der Waals surface area contributed by atoms with Crippen molar-refractivity contribution < 1.29 is 9.50 Å². The fraction of sp³-hybridized carbons (Fsp3) is 0.0833. The number of aromatic nitrogens is 1. The maximum Gasteiger partial charge on any atom is 0.147 e. The van der Waals surface area contributed by atoms with Crippen LogP contribution in [0.4, 0.5) is 4.39 Å². The SMILES string of the molecule is OC(c1ccncc1F)c1cccc(Br)c1Cl. The standard InChI is InChI=1S/C12H8BrClFNO/c13-9-3-1-2-8(11(9)14)12(17)7-4-5-16-6-10(7)15/h1-6,12,17H. The summed E-state index contributed by atoms with van der Waals surface area (Å²) >= 11 is 9.30. The summed E-state index contributed by atoms with van der Waals surface area (Å²) in [4.78, 5) is 3.63. The molecule has 1 unspecified atom stereocenters. The van der Waals surface area contributed by atoms with Crippen LogP contribution in [0.3, 0.4) is 0 Å². The molecule has 0 bridgehead atoms. The molecule has 0 aliphatic carbocycles. The number of hydrogen-bond acceptors (Lipinski definition) is 2. The third-order valence-corrected chi connectivity index (χ3v) is 3.69. The van der Waals surface area contributed by atoms with Gasteiger partial charge in [-0.05, 0) is 28.1 Å². The number of aliphatic hydroxyl groups is 1. The predicted octanol–water partition coefficient (Wildman–Crippen LogP) is 3.72. The van der Waals surface area contributed by atoms with Gasteiger partial charge in [0.2, 0.25) is 0 Å². The summed E-state index contributed by atoms with van der Waals surface area (Å²) in [7, 11) is 0. The van der Waals surface area contributed by atoms with Crippen molar-refractivity contribution in [2.75, 3.05) is 0 Å². The Labute approximate surface area is 111 Å². The van der Waals surface area contributed by atoms with Gasteiger partial charge in [0.05, 0.1) is 11.2 Å². The third-order valence-electron chi connectivity index (χ3n) is 2.37. The van der Waals surface area contributed by atoms with E-state index in [1.54, 1.807) is 18.2 Å². The number of pyridine rings is 1. The highest BCUT2D eigenvalue weighted by molar-refractivity contribution is 9.10. The second-order valence-corrected chi connectivity index (χ2v) is 4.68. The lowest BCUT2D eigenvalue weighted by atomic mass is 10.0. The largest absolute Gasteiger partial charge is 0.383 e. The van der Waals surface area contributed by atoms with Crippen LogP contribution in [0.15, 0.2) is 41.1 Å². The van der Waals surface area contributed by atoms with Crippen molar-refractivity contribution >= 4 is 27.5 Å². The Morgan fingerprint density at radius 1 is 1.29 bits per heavy atom. The molecule has 1 aromatic carbocycles. The average Bonchev–Trinajstić information content (AvgIpc) is 2.32. The van der Waals surface area contributed by atoms with Crippen LogP contribution in [0.25, 0.3) is 0 Å². The van der Waals surface area contributed by atoms with E-state index in [9.17, 15) is 9.50 Å². The topological polar surface area (TPSA) is 33.1 Å². The summed E-state index contributed by atoms with van der Waals surface area (Å²) in [5.41, 5.74) is 0.603. The average molecular weight is 317 g/mol. The minimum absolute atomic E-state index is 0.153. The van der Waals surface area contributed by atoms with Crippen LogP contribution >= 0.6 is 27.5 Å². The predicted molar refractivity (Wildman–Crippen MR) is 67.4 cm³/mol. The highest BCUT2D eigenvalue weighted by Gasteiger charge is 2.18. The van der Waals surface area contributed by atoms with E-state index in [0.29, 0.717) is 15.1 Å². The zero-order valence-corrected chi connectivity index (χ0v) is 10.9. The van der Waals surface area contributed by atoms with Gasteiger partial charge in [-0.15, -0.1) is 0 Å². The second-order valence-electron chi connectivity index (χ2n) is 3.44. The molecule has 2 rings (SSSR count). The molecule has 0 fully saturated rings. The van der Waals surface area contributed by atoms with Gasteiger partial charge in [-0.3, -0.25) is 4.98 Å². The zero-order valence-electron chi connectivity index (χ0n) is 8.57. The summed E-state index contributed by atoms with van der Waals surface area (Å²) in [6.07, 6.45) is 1.38. The Bertz CT molecular complexity index is 550. The maximum absolute atomic E-state index is 13.5. The fourth-order valence-corrected chi connectivity index (χ4v) is 2.12. The molecule has 1 atom stereocenters. The lowest BCUT2D eigenvalue weighted by molar-refractivity contribution is 0.214. The van der Waals surface area contributed by atoms with Crippen molar-refractivity contribution in [3.05, 3.63) is 63.1 Å². The van der Waals surface area contributed by atoms with Crippen LogP contribution in [-0.2, 0) is 0 Å².